The van der Waals surface area contributed by atoms with E-state index in [9.17, 15) is 32.0 Å². The van der Waals surface area contributed by atoms with Crippen LogP contribution in [0.2, 0.25) is 0 Å². The Morgan fingerprint density at radius 1 is 1.09 bits per heavy atom. The normalized spacial score (nSPS) is 35.7. The van der Waals surface area contributed by atoms with Crippen LogP contribution >= 0.6 is 0 Å². The highest BCUT2D eigenvalue weighted by Gasteiger charge is 2.81. The van der Waals surface area contributed by atoms with Gasteiger partial charge in [0.05, 0.1) is 36.6 Å². The van der Waals surface area contributed by atoms with Gasteiger partial charge in [-0.2, -0.15) is 0 Å². The zero-order chi connectivity index (χ0) is 41.5. The molecule has 4 amide bonds. The summed E-state index contributed by atoms with van der Waals surface area (Å²) in [5.74, 6) is -2.49. The third kappa shape index (κ3) is 7.44. The first-order valence-corrected chi connectivity index (χ1v) is 22.2. The van der Waals surface area contributed by atoms with Gasteiger partial charge in [-0.25, -0.2) is 23.2 Å². The van der Waals surface area contributed by atoms with Crippen molar-refractivity contribution >= 4 is 44.9 Å². The first kappa shape index (κ1) is 40.5. The average molecular weight is 827 g/mol. The van der Waals surface area contributed by atoms with E-state index in [4.69, 9.17) is 24.2 Å². The van der Waals surface area contributed by atoms with Crippen molar-refractivity contribution in [3.63, 3.8) is 0 Å². The number of ether oxygens (including phenoxy) is 3. The summed E-state index contributed by atoms with van der Waals surface area (Å²) in [7, 11) is -2.48. The van der Waals surface area contributed by atoms with Crippen molar-refractivity contribution in [2.75, 3.05) is 20.3 Å². The number of benzene rings is 1. The average Bonchev–Trinajstić information content (AvgIpc) is 4.10. The molecular formula is C41H55FN6O9S. The number of alkyl halides is 1. The number of alkyl carbamates (subject to hydrolysis) is 1. The van der Waals surface area contributed by atoms with Crippen LogP contribution in [-0.4, -0.2) is 103 Å². The number of halogens is 1. The molecule has 6 aliphatic rings. The van der Waals surface area contributed by atoms with E-state index in [0.29, 0.717) is 28.9 Å². The molecule has 1 saturated heterocycles. The van der Waals surface area contributed by atoms with Gasteiger partial charge >= 0.3 is 6.09 Å². The van der Waals surface area contributed by atoms with Crippen molar-refractivity contribution in [3.8, 4) is 11.6 Å². The van der Waals surface area contributed by atoms with E-state index in [-0.39, 0.29) is 48.6 Å². The molecule has 316 valence electrons. The van der Waals surface area contributed by atoms with Crippen LogP contribution in [0.3, 0.4) is 0 Å². The van der Waals surface area contributed by atoms with Gasteiger partial charge in [-0.1, -0.05) is 47.5 Å². The molecule has 0 spiro atoms. The second kappa shape index (κ2) is 14.5. The molecule has 3 heterocycles. The van der Waals surface area contributed by atoms with Gasteiger partial charge < -0.3 is 29.7 Å². The summed E-state index contributed by atoms with van der Waals surface area (Å²) in [6, 6.07) is 3.03. The smallest absolute Gasteiger partial charge is 0.408 e. The zero-order valence-corrected chi connectivity index (χ0v) is 34.8. The molecule has 0 radical (unpaired) electrons. The largest absolute Gasteiger partial charge is 0.497 e. The summed E-state index contributed by atoms with van der Waals surface area (Å²) in [6.45, 7) is 8.14. The Bertz CT molecular complexity index is 2130. The fourth-order valence-electron chi connectivity index (χ4n) is 9.48. The van der Waals surface area contributed by atoms with Gasteiger partial charge in [0.2, 0.25) is 27.7 Å². The second-order valence-electron chi connectivity index (χ2n) is 18.8. The molecule has 1 aromatic carbocycles. The number of carbonyl (C=O) groups excluding carboxylic acids is 4. The van der Waals surface area contributed by atoms with Crippen LogP contribution in [0.25, 0.3) is 11.0 Å². The topological polar surface area (TPSA) is 195 Å². The van der Waals surface area contributed by atoms with E-state index in [1.54, 1.807) is 40.9 Å². The molecule has 17 heteroatoms. The summed E-state index contributed by atoms with van der Waals surface area (Å²) in [5.41, 5.74) is -1.05. The van der Waals surface area contributed by atoms with Crippen LogP contribution in [0.5, 0.6) is 11.6 Å². The number of rotatable bonds is 8. The molecule has 11 atom stereocenters. The fourth-order valence-corrected chi connectivity index (χ4v) is 11.8. The first-order valence-electron chi connectivity index (χ1n) is 20.6. The van der Waals surface area contributed by atoms with E-state index in [2.05, 4.69) is 15.4 Å². The quantitative estimate of drug-likeness (QED) is 0.349. The SMILES string of the molecule is COc1ccc2nc3c(nc2c1)O[C@H]1CN(C(=O)[C@H](C(C)(C)C)NC(=O)O[C@@H]2C[C@H]2CCCCC3)[C@H](C(=O)N[C@]2(C(=O)NS(=O)(=O)C3C4CC43C)C[C@H]2CCF)[C@@H]1C. The maximum Gasteiger partial charge on any atom is 0.408 e. The number of aryl methyl sites for hydroxylation is 1. The van der Waals surface area contributed by atoms with Gasteiger partial charge in [0, 0.05) is 12.0 Å². The number of hydrogen-bond donors (Lipinski definition) is 3. The van der Waals surface area contributed by atoms with Crippen LogP contribution in [0, 0.1) is 34.5 Å². The minimum absolute atomic E-state index is 0.00509. The number of methoxy groups -OCH3 is 1. The molecule has 5 fully saturated rings. The maximum atomic E-state index is 14.8. The summed E-state index contributed by atoms with van der Waals surface area (Å²) >= 11 is 0. The fraction of sp³-hybridized carbons (Fsp3) is 0.707. The highest BCUT2D eigenvalue weighted by Crippen LogP contribution is 2.77. The minimum Gasteiger partial charge on any atom is -0.497 e. The molecular weight excluding hydrogens is 772 g/mol. The van der Waals surface area contributed by atoms with Crippen LogP contribution in [0.1, 0.15) is 91.7 Å². The molecule has 15 nitrogen and oxygen atoms in total. The molecule has 3 unspecified atom stereocenters. The lowest BCUT2D eigenvalue weighted by molar-refractivity contribution is -0.143. The summed E-state index contributed by atoms with van der Waals surface area (Å²) in [4.78, 5) is 67.9. The molecule has 2 aromatic rings. The number of fused-ring (bicyclic) bond motifs is 6. The van der Waals surface area contributed by atoms with Crippen LogP contribution in [0.4, 0.5) is 9.18 Å². The first-order chi connectivity index (χ1) is 27.4. The zero-order valence-electron chi connectivity index (χ0n) is 34.0. The number of carbonyl (C=O) groups is 4. The molecule has 3 N–H and O–H groups in total. The lowest BCUT2D eigenvalue weighted by Crippen LogP contribution is -2.61. The Hall–Kier alpha value is -4.28. The van der Waals surface area contributed by atoms with E-state index in [0.717, 1.165) is 38.5 Å². The van der Waals surface area contributed by atoms with Gasteiger partial charge in [-0.05, 0) is 85.7 Å². The number of hydrogen-bond acceptors (Lipinski definition) is 11. The van der Waals surface area contributed by atoms with Crippen molar-refractivity contribution in [2.24, 2.45) is 34.5 Å². The predicted molar refractivity (Wildman–Crippen MR) is 209 cm³/mol. The highest BCUT2D eigenvalue weighted by atomic mass is 32.2. The monoisotopic (exact) mass is 826 g/mol. The number of aromatic nitrogens is 2. The van der Waals surface area contributed by atoms with Crippen LogP contribution in [0.15, 0.2) is 18.2 Å². The molecule has 8 rings (SSSR count). The summed E-state index contributed by atoms with van der Waals surface area (Å²) in [6.07, 6.45) is 3.82. The van der Waals surface area contributed by atoms with E-state index in [1.807, 2.05) is 19.1 Å². The van der Waals surface area contributed by atoms with Gasteiger partial charge in [0.1, 0.15) is 41.3 Å². The number of nitrogens with zero attached hydrogens (tertiary/aromatic N) is 3. The van der Waals surface area contributed by atoms with Gasteiger partial charge in [-0.3, -0.25) is 23.5 Å². The Morgan fingerprint density at radius 3 is 2.52 bits per heavy atom. The standard InChI is InChI=1S/C41H55FN6O9S/c1-21-30-20-48(31(21)34(49)46-41(18-23(41)14-15-42)37(51)47-58(53,54)33-25-19-40(25,33)5)36(50)32(39(2,3)4)45-38(52)57-29-16-22(29)10-8-7-9-11-27-35(56-30)44-28-17-24(55-6)12-13-26(28)43-27/h12-13,17,21-23,25,29-33H,7-11,14-16,18-20H2,1-6H3,(H,45,52)(H,46,49)(H,47,51)/t21-,22-,23-,25?,29-,30+,31+,32-,33?,40?,41-/m1/s1. The third-order valence-corrected chi connectivity index (χ3v) is 15.6. The third-order valence-electron chi connectivity index (χ3n) is 13.6. The summed E-state index contributed by atoms with van der Waals surface area (Å²) < 4.78 is 60.4. The Balaban J connectivity index is 1.13. The van der Waals surface area contributed by atoms with Gasteiger partial charge in [-0.15, -0.1) is 0 Å². The molecule has 58 heavy (non-hydrogen) atoms. The molecule has 2 bridgehead atoms. The molecule has 4 aliphatic carbocycles. The van der Waals surface area contributed by atoms with Crippen LogP contribution < -0.4 is 24.8 Å². The minimum atomic E-state index is -4.03. The van der Waals surface area contributed by atoms with E-state index < -0.39 is 86.7 Å². The van der Waals surface area contributed by atoms with E-state index in [1.165, 1.54) is 4.90 Å². The molecule has 4 saturated carbocycles. The van der Waals surface area contributed by atoms with Crippen molar-refractivity contribution in [1.82, 2.24) is 30.2 Å². The molecule has 1 aromatic heterocycles. The number of amides is 4. The lowest BCUT2D eigenvalue weighted by atomic mass is 9.85. The maximum absolute atomic E-state index is 14.8. The Labute approximate surface area is 338 Å². The van der Waals surface area contributed by atoms with Gasteiger partial charge in [0.15, 0.2) is 0 Å². The Kier molecular flexibility index (Phi) is 10.1. The predicted octanol–water partition coefficient (Wildman–Crippen LogP) is 3.97. The van der Waals surface area contributed by atoms with Crippen molar-refractivity contribution < 1.29 is 46.2 Å². The number of nitrogens with one attached hydrogen (secondary N) is 3. The van der Waals surface area contributed by atoms with Crippen molar-refractivity contribution in [2.45, 2.75) is 127 Å². The van der Waals surface area contributed by atoms with Crippen molar-refractivity contribution in [3.05, 3.63) is 23.9 Å². The Morgan fingerprint density at radius 2 is 1.84 bits per heavy atom. The number of sulfonamides is 1. The van der Waals surface area contributed by atoms with Gasteiger partial charge in [0.25, 0.3) is 5.91 Å². The van der Waals surface area contributed by atoms with E-state index >= 15 is 0 Å². The molecule has 2 aliphatic heterocycles. The highest BCUT2D eigenvalue weighted by molar-refractivity contribution is 7.91. The second-order valence-corrected chi connectivity index (χ2v) is 20.6. The summed E-state index contributed by atoms with van der Waals surface area (Å²) in [5, 5.41) is 4.93. The lowest BCUT2D eigenvalue weighted by Gasteiger charge is -2.36. The van der Waals surface area contributed by atoms with Crippen LogP contribution in [-0.2, 0) is 35.6 Å². The van der Waals surface area contributed by atoms with Crippen molar-refractivity contribution in [1.29, 1.82) is 0 Å².